The Morgan fingerprint density at radius 1 is 1.75 bits per heavy atom. The van der Waals surface area contributed by atoms with E-state index in [-0.39, 0.29) is 22.9 Å². The molecule has 0 fully saturated rings. The van der Waals surface area contributed by atoms with Gasteiger partial charge in [-0.1, -0.05) is 6.92 Å². The summed E-state index contributed by atoms with van der Waals surface area (Å²) in [6, 6.07) is 0. The Morgan fingerprint density at radius 3 is 2.38 bits per heavy atom. The van der Waals surface area contributed by atoms with Crippen LogP contribution in [0, 0.1) is 5.41 Å². The minimum atomic E-state index is -0.0810. The van der Waals surface area contributed by atoms with Gasteiger partial charge in [-0.05, 0) is 6.42 Å². The van der Waals surface area contributed by atoms with E-state index in [0.29, 0.717) is 6.42 Å². The number of carbonyl (C=O) groups is 1. The molecule has 0 aromatic carbocycles. The Hall–Kier alpha value is -0.141. The molecule has 8 heavy (non-hydrogen) atoms. The fraction of sp³-hybridized carbons (Fsp3) is 0.600. The summed E-state index contributed by atoms with van der Waals surface area (Å²) in [5.41, 5.74) is 0. The van der Waals surface area contributed by atoms with Crippen molar-refractivity contribution in [3.63, 3.8) is 0 Å². The van der Waals surface area contributed by atoms with E-state index in [1.807, 2.05) is 6.92 Å². The van der Waals surface area contributed by atoms with Gasteiger partial charge in [0.2, 0.25) is 0 Å². The quantitative estimate of drug-likeness (QED) is 0.488. The summed E-state index contributed by atoms with van der Waals surface area (Å²) in [6.45, 7) is 1.92. The van der Waals surface area contributed by atoms with E-state index in [2.05, 4.69) is 0 Å². The van der Waals surface area contributed by atoms with Gasteiger partial charge < -0.3 is 5.41 Å². The fourth-order valence-corrected chi connectivity index (χ4v) is 0.319. The molecule has 0 aliphatic rings. The number of nitrogens with one attached hydrogen (secondary N) is 1. The second-order valence-corrected chi connectivity index (χ2v) is 1.36. The monoisotopic (exact) mass is 162 g/mol. The van der Waals surface area contributed by atoms with Gasteiger partial charge in [0, 0.05) is 6.42 Å². The van der Waals surface area contributed by atoms with Crippen molar-refractivity contribution in [2.75, 3.05) is 0 Å². The zero-order valence-electron chi connectivity index (χ0n) is 4.70. The van der Waals surface area contributed by atoms with Crippen LogP contribution < -0.4 is 0 Å². The smallest absolute Gasteiger partial charge is 0.305 e. The summed E-state index contributed by atoms with van der Waals surface area (Å²) in [4.78, 5) is 10.2. The van der Waals surface area contributed by atoms with Crippen LogP contribution in [0.3, 0.4) is 0 Å². The van der Waals surface area contributed by atoms with E-state index in [4.69, 9.17) is 5.41 Å². The van der Waals surface area contributed by atoms with Gasteiger partial charge >= 0.3 is 17.1 Å². The molecule has 0 amide bonds. The normalized spacial score (nSPS) is 7.12. The molecule has 0 aromatic rings. The van der Waals surface area contributed by atoms with E-state index in [9.17, 15) is 4.79 Å². The Balaban J connectivity index is 0. The molecule has 0 spiro atoms. The number of rotatable bonds is 3. The molecule has 0 aromatic heterocycles. The van der Waals surface area contributed by atoms with Gasteiger partial charge in [-0.2, -0.15) is 0 Å². The van der Waals surface area contributed by atoms with Gasteiger partial charge in [0.05, 0.1) is 6.21 Å². The summed E-state index contributed by atoms with van der Waals surface area (Å²) in [5.74, 6) is -0.0810. The topological polar surface area (TPSA) is 40.9 Å². The second-order valence-electron chi connectivity index (χ2n) is 1.36. The minimum Gasteiger partial charge on any atom is -0.305 e. The molecule has 3 heteroatoms. The first-order valence-electron chi connectivity index (χ1n) is 2.34. The van der Waals surface area contributed by atoms with E-state index in [0.717, 1.165) is 12.6 Å². The van der Waals surface area contributed by atoms with Crippen molar-refractivity contribution in [3.05, 3.63) is 0 Å². The molecule has 0 aliphatic heterocycles. The van der Waals surface area contributed by atoms with Crippen LogP contribution in [0.1, 0.15) is 19.8 Å². The van der Waals surface area contributed by atoms with Gasteiger partial charge in [-0.25, -0.2) is 0 Å². The third kappa shape index (κ3) is 5.86. The van der Waals surface area contributed by atoms with Crippen molar-refractivity contribution in [2.45, 2.75) is 19.8 Å². The molecule has 0 atom stereocenters. The van der Waals surface area contributed by atoms with Crippen LogP contribution in [-0.4, -0.2) is 12.0 Å². The molecule has 0 saturated heterocycles. The third-order valence-corrected chi connectivity index (χ3v) is 0.657. The van der Waals surface area contributed by atoms with Crippen molar-refractivity contribution in [1.82, 2.24) is 0 Å². The van der Waals surface area contributed by atoms with Gasteiger partial charge in [0.1, 0.15) is 0 Å². The Morgan fingerprint density at radius 2 is 2.25 bits per heavy atom. The zero-order chi connectivity index (χ0) is 5.70. The van der Waals surface area contributed by atoms with Crippen molar-refractivity contribution in [1.29, 1.82) is 5.41 Å². The molecule has 0 rings (SSSR count). The summed E-state index contributed by atoms with van der Waals surface area (Å²) in [5, 5.41) is 6.44. The molecule has 0 aliphatic carbocycles. The summed E-state index contributed by atoms with van der Waals surface area (Å²) in [7, 11) is 0. The summed E-state index contributed by atoms with van der Waals surface area (Å²) < 4.78 is 0. The van der Waals surface area contributed by atoms with Crippen LogP contribution in [-0.2, 0) is 21.9 Å². The molecular weight excluding hydrogens is 154 g/mol. The van der Waals surface area contributed by atoms with Crippen LogP contribution in [0.5, 0.6) is 0 Å². The molecule has 0 heterocycles. The van der Waals surface area contributed by atoms with Gasteiger partial charge in [-0.15, -0.1) is 0 Å². The first-order chi connectivity index (χ1) is 3.31. The summed E-state index contributed by atoms with van der Waals surface area (Å²) >= 11 is 0. The molecule has 1 radical (unpaired) electrons. The Bertz CT molecular complexity index is 82.5. The first-order valence-corrected chi connectivity index (χ1v) is 2.34. The first kappa shape index (κ1) is 10.8. The Labute approximate surface area is 59.6 Å². The standard InChI is InChI=1S/C5H9NO.Cu/c1-2-3-5(7)4-6;/h4,6H,2-3H2,1H3;/q;+2. The van der Waals surface area contributed by atoms with Crippen LogP contribution in [0.15, 0.2) is 0 Å². The SMILES string of the molecule is CCCC(=O)C=N.[Cu+2]. The molecule has 0 unspecified atom stereocenters. The molecule has 1 N–H and O–H groups in total. The zero-order valence-corrected chi connectivity index (χ0v) is 5.64. The molecule has 0 bridgehead atoms. The third-order valence-electron chi connectivity index (χ3n) is 0.657. The van der Waals surface area contributed by atoms with E-state index >= 15 is 0 Å². The summed E-state index contributed by atoms with van der Waals surface area (Å²) in [6.07, 6.45) is 2.22. The van der Waals surface area contributed by atoms with E-state index in [1.54, 1.807) is 0 Å². The minimum absolute atomic E-state index is 0. The van der Waals surface area contributed by atoms with Crippen LogP contribution in [0.25, 0.3) is 0 Å². The maximum atomic E-state index is 10.2. The number of ketones is 1. The van der Waals surface area contributed by atoms with Crippen molar-refractivity contribution < 1.29 is 21.9 Å². The number of hydrogen-bond acceptors (Lipinski definition) is 2. The van der Waals surface area contributed by atoms with Gasteiger partial charge in [0.15, 0.2) is 5.78 Å². The molecule has 0 saturated carbocycles. The predicted molar refractivity (Wildman–Crippen MR) is 28.7 cm³/mol. The maximum Gasteiger partial charge on any atom is 2.00 e. The second kappa shape index (κ2) is 6.86. The number of Topliss-reactive ketones (excluding diaryl/α,β-unsaturated/α-hetero) is 1. The van der Waals surface area contributed by atoms with Crippen LogP contribution in [0.2, 0.25) is 0 Å². The van der Waals surface area contributed by atoms with E-state index < -0.39 is 0 Å². The molecule has 2 nitrogen and oxygen atoms in total. The van der Waals surface area contributed by atoms with Crippen molar-refractivity contribution in [3.8, 4) is 0 Å². The maximum absolute atomic E-state index is 10.2. The van der Waals surface area contributed by atoms with E-state index in [1.165, 1.54) is 0 Å². The van der Waals surface area contributed by atoms with Crippen LogP contribution in [0.4, 0.5) is 0 Å². The number of carbonyl (C=O) groups excluding carboxylic acids is 1. The average molecular weight is 163 g/mol. The molecular formula is C5H9CuNO+2. The van der Waals surface area contributed by atoms with Gasteiger partial charge in [0.25, 0.3) is 0 Å². The fourth-order valence-electron chi connectivity index (χ4n) is 0.319. The largest absolute Gasteiger partial charge is 2.00 e. The van der Waals surface area contributed by atoms with Crippen molar-refractivity contribution in [2.24, 2.45) is 0 Å². The van der Waals surface area contributed by atoms with Crippen LogP contribution >= 0.6 is 0 Å². The number of hydrogen-bond donors (Lipinski definition) is 1. The van der Waals surface area contributed by atoms with Crippen molar-refractivity contribution >= 4 is 12.0 Å². The average Bonchev–Trinajstić information content (AvgIpc) is 1.68. The molecule has 49 valence electrons. The Kier molecular flexibility index (Phi) is 9.24. The predicted octanol–water partition coefficient (Wildman–Crippen LogP) is 1.00. The van der Waals surface area contributed by atoms with Gasteiger partial charge in [-0.3, -0.25) is 4.79 Å².